The van der Waals surface area contributed by atoms with Crippen LogP contribution in [0.3, 0.4) is 0 Å². The van der Waals surface area contributed by atoms with E-state index in [1.54, 1.807) is 11.8 Å². The van der Waals surface area contributed by atoms with Crippen LogP contribution in [0.25, 0.3) is 11.1 Å². The molecule has 5 nitrogen and oxygen atoms in total. The first-order valence-electron chi connectivity index (χ1n) is 10.7. The molecule has 0 radical (unpaired) electrons. The fourth-order valence-electron chi connectivity index (χ4n) is 3.93. The minimum atomic E-state index is -0.195. The lowest BCUT2D eigenvalue weighted by Gasteiger charge is -2.31. The lowest BCUT2D eigenvalue weighted by Crippen LogP contribution is -2.38. The molecular weight excluding hydrogens is 438 g/mol. The minimum absolute atomic E-state index is 0.195. The molecule has 1 aromatic heterocycles. The summed E-state index contributed by atoms with van der Waals surface area (Å²) in [6.07, 6.45) is 3.74. The van der Waals surface area contributed by atoms with E-state index in [0.717, 1.165) is 47.8 Å². The van der Waals surface area contributed by atoms with Gasteiger partial charge in [0.25, 0.3) is 5.91 Å². The Morgan fingerprint density at radius 3 is 2.56 bits per heavy atom. The van der Waals surface area contributed by atoms with E-state index >= 15 is 0 Å². The van der Waals surface area contributed by atoms with Crippen molar-refractivity contribution in [2.75, 3.05) is 30.4 Å². The average Bonchev–Trinajstić information content (AvgIpc) is 3.31. The molecule has 0 saturated carbocycles. The van der Waals surface area contributed by atoms with Crippen molar-refractivity contribution in [3.63, 3.8) is 0 Å². The fraction of sp³-hybridized carbons (Fsp3) is 0.320. The molecule has 2 aromatic carbocycles. The second-order valence-electron chi connectivity index (χ2n) is 8.02. The fourth-order valence-corrected chi connectivity index (χ4v) is 5.33. The molecule has 1 aliphatic heterocycles. The number of aryl methyl sites for hydroxylation is 1. The van der Waals surface area contributed by atoms with Crippen LogP contribution in [0.15, 0.2) is 53.9 Å². The van der Waals surface area contributed by atoms with Gasteiger partial charge in [0.1, 0.15) is 5.69 Å². The van der Waals surface area contributed by atoms with Crippen molar-refractivity contribution in [1.29, 1.82) is 0 Å². The van der Waals surface area contributed by atoms with Gasteiger partial charge in [-0.3, -0.25) is 9.59 Å². The Hall–Kier alpha value is -2.64. The van der Waals surface area contributed by atoms with Crippen LogP contribution in [0, 0.1) is 6.92 Å². The molecule has 0 aliphatic carbocycles. The quantitative estimate of drug-likeness (QED) is 0.527. The lowest BCUT2D eigenvalue weighted by molar-refractivity contribution is -0.129. The van der Waals surface area contributed by atoms with Gasteiger partial charge in [-0.1, -0.05) is 48.0 Å². The highest BCUT2D eigenvalue weighted by molar-refractivity contribution is 7.99. The van der Waals surface area contributed by atoms with Crippen LogP contribution >= 0.6 is 23.1 Å². The van der Waals surface area contributed by atoms with Crippen LogP contribution in [0.5, 0.6) is 0 Å². The number of thioether (sulfide) groups is 1. The Bertz CT molecular complexity index is 1090. The largest absolute Gasteiger partial charge is 0.342 e. The highest BCUT2D eigenvalue weighted by atomic mass is 32.2. The molecule has 4 rings (SSSR count). The van der Waals surface area contributed by atoms with Crippen LogP contribution in [-0.4, -0.2) is 46.8 Å². The maximum atomic E-state index is 12.9. The second-order valence-corrected chi connectivity index (χ2v) is 9.78. The smallest absolute Gasteiger partial charge is 0.275 e. The van der Waals surface area contributed by atoms with Gasteiger partial charge in [0.05, 0.1) is 10.8 Å². The molecule has 32 heavy (non-hydrogen) atoms. The van der Waals surface area contributed by atoms with Gasteiger partial charge in [0, 0.05) is 35.6 Å². The topological polar surface area (TPSA) is 62.3 Å². The van der Waals surface area contributed by atoms with Gasteiger partial charge in [-0.15, -0.1) is 11.3 Å². The molecule has 2 amide bonds. The zero-order valence-electron chi connectivity index (χ0n) is 18.3. The van der Waals surface area contributed by atoms with Gasteiger partial charge in [0.2, 0.25) is 5.91 Å². The first-order valence-corrected chi connectivity index (χ1v) is 13.0. The summed E-state index contributed by atoms with van der Waals surface area (Å²) in [5.74, 6) is 0.859. The summed E-state index contributed by atoms with van der Waals surface area (Å²) in [5.41, 5.74) is 4.47. The molecule has 166 valence electrons. The van der Waals surface area contributed by atoms with E-state index in [-0.39, 0.29) is 11.8 Å². The van der Waals surface area contributed by atoms with E-state index in [9.17, 15) is 9.59 Å². The van der Waals surface area contributed by atoms with Crippen LogP contribution in [0.1, 0.15) is 39.8 Å². The number of carbonyl (C=O) groups is 2. The lowest BCUT2D eigenvalue weighted by atomic mass is 9.97. The summed E-state index contributed by atoms with van der Waals surface area (Å²) in [6, 6.07) is 16.1. The number of anilines is 1. The second kappa shape index (κ2) is 10.3. The van der Waals surface area contributed by atoms with Crippen LogP contribution < -0.4 is 5.32 Å². The van der Waals surface area contributed by atoms with Crippen LogP contribution in [-0.2, 0) is 4.79 Å². The molecule has 2 heterocycles. The minimum Gasteiger partial charge on any atom is -0.342 e. The highest BCUT2D eigenvalue weighted by Crippen LogP contribution is 2.32. The number of hydrogen-bond acceptors (Lipinski definition) is 5. The third kappa shape index (κ3) is 5.22. The molecule has 0 unspecified atom stereocenters. The van der Waals surface area contributed by atoms with E-state index in [1.165, 1.54) is 16.9 Å². The number of benzene rings is 2. The number of para-hydroxylation sites is 1. The van der Waals surface area contributed by atoms with Gasteiger partial charge >= 0.3 is 0 Å². The van der Waals surface area contributed by atoms with Crippen molar-refractivity contribution in [1.82, 2.24) is 9.88 Å². The summed E-state index contributed by atoms with van der Waals surface area (Å²) < 4.78 is 0. The molecular formula is C25H27N3O2S2. The summed E-state index contributed by atoms with van der Waals surface area (Å²) >= 11 is 3.10. The van der Waals surface area contributed by atoms with Gasteiger partial charge < -0.3 is 10.2 Å². The number of rotatable bonds is 6. The molecule has 0 spiro atoms. The number of nitrogens with one attached hydrogen (secondary N) is 1. The standard InChI is InChI=1S/C25H27N3O2S2/c1-17-7-9-18(10-8-17)20-5-3-4-6-21(20)26-24(30)22-15-32-25(27-22)19-11-13-28(14-12-19)23(29)16-31-2/h3-10,15,19H,11-14,16H2,1-2H3,(H,26,30). The van der Waals surface area contributed by atoms with E-state index in [4.69, 9.17) is 0 Å². The number of piperidine rings is 1. The van der Waals surface area contributed by atoms with Gasteiger partial charge in [-0.2, -0.15) is 11.8 Å². The Morgan fingerprint density at radius 2 is 1.84 bits per heavy atom. The zero-order valence-corrected chi connectivity index (χ0v) is 20.0. The van der Waals surface area contributed by atoms with Crippen LogP contribution in [0.2, 0.25) is 0 Å². The van der Waals surface area contributed by atoms with Crippen molar-refractivity contribution in [2.24, 2.45) is 0 Å². The first kappa shape index (κ1) is 22.6. The average molecular weight is 466 g/mol. The summed E-state index contributed by atoms with van der Waals surface area (Å²) in [7, 11) is 0. The van der Waals surface area contributed by atoms with Crippen molar-refractivity contribution in [2.45, 2.75) is 25.7 Å². The highest BCUT2D eigenvalue weighted by Gasteiger charge is 2.26. The normalized spacial score (nSPS) is 14.4. The van der Waals surface area contributed by atoms with Gasteiger partial charge in [-0.25, -0.2) is 4.98 Å². The molecule has 1 saturated heterocycles. The predicted molar refractivity (Wildman–Crippen MR) is 134 cm³/mol. The maximum absolute atomic E-state index is 12.9. The SMILES string of the molecule is CSCC(=O)N1CCC(c2nc(C(=O)Nc3ccccc3-c3ccc(C)cc3)cs2)CC1. The van der Waals surface area contributed by atoms with E-state index in [2.05, 4.69) is 41.5 Å². The van der Waals surface area contributed by atoms with E-state index < -0.39 is 0 Å². The molecule has 3 aromatic rings. The van der Waals surface area contributed by atoms with Gasteiger partial charge in [0.15, 0.2) is 0 Å². The van der Waals surface area contributed by atoms with Crippen molar-refractivity contribution < 1.29 is 9.59 Å². The third-order valence-electron chi connectivity index (χ3n) is 5.76. The number of carbonyl (C=O) groups excluding carboxylic acids is 2. The van der Waals surface area contributed by atoms with Crippen molar-refractivity contribution in [3.05, 3.63) is 70.2 Å². The number of nitrogens with zero attached hydrogens (tertiary/aromatic N) is 2. The number of aromatic nitrogens is 1. The Morgan fingerprint density at radius 1 is 1.12 bits per heavy atom. The van der Waals surface area contributed by atoms with E-state index in [0.29, 0.717) is 17.4 Å². The summed E-state index contributed by atoms with van der Waals surface area (Å²) in [6.45, 7) is 3.58. The predicted octanol–water partition coefficient (Wildman–Crippen LogP) is 5.44. The number of likely N-dealkylation sites (tertiary alicyclic amines) is 1. The van der Waals surface area contributed by atoms with Crippen molar-refractivity contribution >= 4 is 40.6 Å². The third-order valence-corrected chi connectivity index (χ3v) is 7.30. The summed E-state index contributed by atoms with van der Waals surface area (Å²) in [5, 5.41) is 5.87. The monoisotopic (exact) mass is 465 g/mol. The molecule has 1 aliphatic rings. The Kier molecular flexibility index (Phi) is 7.27. The summed E-state index contributed by atoms with van der Waals surface area (Å²) in [4.78, 5) is 31.6. The first-order chi connectivity index (χ1) is 15.5. The number of thiazole rings is 1. The molecule has 7 heteroatoms. The molecule has 1 N–H and O–H groups in total. The zero-order chi connectivity index (χ0) is 22.5. The van der Waals surface area contributed by atoms with E-state index in [1.807, 2.05) is 40.8 Å². The number of amides is 2. The maximum Gasteiger partial charge on any atom is 0.275 e. The Balaban J connectivity index is 1.42. The molecule has 0 bridgehead atoms. The molecule has 0 atom stereocenters. The van der Waals surface area contributed by atoms with Crippen molar-refractivity contribution in [3.8, 4) is 11.1 Å². The Labute approximate surface area is 197 Å². The van der Waals surface area contributed by atoms with Gasteiger partial charge in [-0.05, 0) is 37.7 Å². The van der Waals surface area contributed by atoms with Crippen LogP contribution in [0.4, 0.5) is 5.69 Å². The molecule has 1 fully saturated rings. The number of hydrogen-bond donors (Lipinski definition) is 1.